The van der Waals surface area contributed by atoms with Gasteiger partial charge in [0.15, 0.2) is 0 Å². The van der Waals surface area contributed by atoms with Crippen LogP contribution in [-0.2, 0) is 14.4 Å². The summed E-state index contributed by atoms with van der Waals surface area (Å²) in [6.07, 6.45) is 2.89. The second-order valence-corrected chi connectivity index (χ2v) is 9.93. The van der Waals surface area contributed by atoms with E-state index in [4.69, 9.17) is 10.9 Å². The number of nitrogens with zero attached hydrogens (tertiary/aromatic N) is 1. The fraction of sp³-hybridized carbons (Fsp3) is 0.812. The number of aliphatic hydroxyl groups excluding tert-OH is 1. The number of thioether (sulfide) groups is 2. The van der Waals surface area contributed by atoms with E-state index in [1.54, 1.807) is 29.0 Å². The molecule has 28 heavy (non-hydrogen) atoms. The molecular formula is C16H29ClN4O5S2. The number of unbranched alkanes of at least 4 members (excludes halogenated alkanes) is 2. The van der Waals surface area contributed by atoms with Crippen LogP contribution in [0.4, 0.5) is 0 Å². The molecule has 2 aliphatic rings. The summed E-state index contributed by atoms with van der Waals surface area (Å²) in [7, 11) is 0. The van der Waals surface area contributed by atoms with E-state index in [2.05, 4.69) is 5.32 Å². The first-order chi connectivity index (χ1) is 12.9. The lowest BCUT2D eigenvalue weighted by molar-refractivity contribution is -0.140. The van der Waals surface area contributed by atoms with E-state index in [9.17, 15) is 19.5 Å². The van der Waals surface area contributed by atoms with Gasteiger partial charge in [-0.1, -0.05) is 6.42 Å². The molecule has 2 heterocycles. The summed E-state index contributed by atoms with van der Waals surface area (Å²) in [4.78, 5) is 37.6. The van der Waals surface area contributed by atoms with Crippen molar-refractivity contribution >= 4 is 53.7 Å². The number of amides is 3. The van der Waals surface area contributed by atoms with Gasteiger partial charge in [0, 0.05) is 37.4 Å². The zero-order valence-corrected chi connectivity index (χ0v) is 18.0. The Bertz CT molecular complexity index is 551. The number of carbonyl (C=O) groups excluding carboxylic acids is 3. The number of likely N-dealkylation sites (tertiary alicyclic amines) is 1. The molecule has 6 N–H and O–H groups in total. The van der Waals surface area contributed by atoms with Crippen LogP contribution in [0.25, 0.3) is 0 Å². The molecule has 0 aromatic rings. The molecule has 2 rings (SSSR count). The van der Waals surface area contributed by atoms with Gasteiger partial charge in [-0.05, 0) is 12.8 Å². The number of hydrogen-bond acceptors (Lipinski definition) is 8. The fourth-order valence-electron chi connectivity index (χ4n) is 3.27. The number of hydrogen-bond donors (Lipinski definition) is 5. The lowest BCUT2D eigenvalue weighted by Crippen LogP contribution is -2.52. The summed E-state index contributed by atoms with van der Waals surface area (Å²) < 4.78 is -0.162. The Balaban J connectivity index is 0.00000392. The van der Waals surface area contributed by atoms with E-state index < -0.39 is 30.5 Å². The molecule has 0 radical (unpaired) electrons. The molecule has 2 fully saturated rings. The average molecular weight is 457 g/mol. The minimum Gasteiger partial charge on any atom is -0.394 e. The van der Waals surface area contributed by atoms with Crippen molar-refractivity contribution in [2.24, 2.45) is 5.73 Å². The quantitative estimate of drug-likeness (QED) is 0.180. The molecule has 0 aliphatic carbocycles. The van der Waals surface area contributed by atoms with Crippen molar-refractivity contribution in [2.45, 2.75) is 48.3 Å². The lowest BCUT2D eigenvalue weighted by Gasteiger charge is -2.26. The van der Waals surface area contributed by atoms with Gasteiger partial charge in [-0.3, -0.25) is 19.6 Å². The molecule has 3 amide bonds. The molecule has 0 unspecified atom stereocenters. The van der Waals surface area contributed by atoms with Gasteiger partial charge in [0.2, 0.25) is 17.7 Å². The Labute approximate surface area is 179 Å². The molecule has 2 atom stereocenters. The zero-order chi connectivity index (χ0) is 19.9. The Morgan fingerprint density at radius 1 is 1.21 bits per heavy atom. The van der Waals surface area contributed by atoms with Gasteiger partial charge in [-0.15, -0.1) is 35.9 Å². The van der Waals surface area contributed by atoms with Crippen LogP contribution in [0, 0.1) is 0 Å². The summed E-state index contributed by atoms with van der Waals surface area (Å²) in [6.45, 7) is 0.471. The second-order valence-electron chi connectivity index (χ2n) is 6.72. The second kappa shape index (κ2) is 12.1. The van der Waals surface area contributed by atoms with Gasteiger partial charge in [-0.2, -0.15) is 0 Å². The van der Waals surface area contributed by atoms with Crippen LogP contribution in [0.2, 0.25) is 0 Å². The predicted molar refractivity (Wildman–Crippen MR) is 111 cm³/mol. The maximum atomic E-state index is 12.7. The van der Waals surface area contributed by atoms with E-state index in [1.807, 2.05) is 0 Å². The summed E-state index contributed by atoms with van der Waals surface area (Å²) in [5.74, 6) is 0.976. The number of halogens is 1. The molecule has 1 spiro atoms. The molecule has 0 bridgehead atoms. The number of carbonyl (C=O) groups is 3. The highest BCUT2D eigenvalue weighted by Gasteiger charge is 2.51. The Kier molecular flexibility index (Phi) is 10.9. The van der Waals surface area contributed by atoms with Crippen molar-refractivity contribution in [3.63, 3.8) is 0 Å². The van der Waals surface area contributed by atoms with Crippen molar-refractivity contribution in [1.29, 1.82) is 0 Å². The van der Waals surface area contributed by atoms with E-state index in [1.165, 1.54) is 4.90 Å². The van der Waals surface area contributed by atoms with Crippen LogP contribution in [0.5, 0.6) is 0 Å². The van der Waals surface area contributed by atoms with Crippen LogP contribution in [0.3, 0.4) is 0 Å². The smallest absolute Gasteiger partial charge is 0.243 e. The standard InChI is InChI=1S/C16H28N4O5S2.ClH/c17-11(9-21)15(24)20-10-16(26-6-7-27-16)8-12(20)14(23)18-5-3-1-2-4-13(22)19-25;/h11-12,21,25H,1-10,17H2,(H,18,23)(H,19,22);1H/t11-,12-;/m0./s1. The summed E-state index contributed by atoms with van der Waals surface area (Å²) in [5, 5.41) is 20.5. The topological polar surface area (TPSA) is 145 Å². The van der Waals surface area contributed by atoms with Crippen molar-refractivity contribution in [2.75, 3.05) is 31.2 Å². The number of nitrogens with one attached hydrogen (secondary N) is 2. The molecule has 0 aromatic heterocycles. The minimum absolute atomic E-state index is 0. The number of aliphatic hydroxyl groups is 1. The Morgan fingerprint density at radius 2 is 1.89 bits per heavy atom. The molecule has 2 saturated heterocycles. The normalized spacial score (nSPS) is 21.2. The highest BCUT2D eigenvalue weighted by atomic mass is 35.5. The predicted octanol–water partition coefficient (Wildman–Crippen LogP) is -0.313. The van der Waals surface area contributed by atoms with E-state index in [-0.39, 0.29) is 28.8 Å². The van der Waals surface area contributed by atoms with Gasteiger partial charge in [0.1, 0.15) is 12.1 Å². The van der Waals surface area contributed by atoms with Crippen LogP contribution in [0.15, 0.2) is 0 Å². The molecule has 0 saturated carbocycles. The zero-order valence-electron chi connectivity index (χ0n) is 15.6. The first-order valence-electron chi connectivity index (χ1n) is 9.08. The van der Waals surface area contributed by atoms with Crippen LogP contribution < -0.4 is 16.5 Å². The highest BCUT2D eigenvalue weighted by Crippen LogP contribution is 2.51. The van der Waals surface area contributed by atoms with Crippen molar-refractivity contribution < 1.29 is 24.7 Å². The summed E-state index contributed by atoms with van der Waals surface area (Å²) >= 11 is 3.56. The highest BCUT2D eigenvalue weighted by molar-refractivity contribution is 8.21. The third-order valence-corrected chi connectivity index (χ3v) is 8.14. The third kappa shape index (κ3) is 6.67. The van der Waals surface area contributed by atoms with Gasteiger partial charge in [0.05, 0.1) is 10.7 Å². The monoisotopic (exact) mass is 456 g/mol. The first-order valence-corrected chi connectivity index (χ1v) is 11.0. The van der Waals surface area contributed by atoms with Crippen LogP contribution in [-0.4, -0.2) is 80.3 Å². The first kappa shape index (κ1) is 25.3. The van der Waals surface area contributed by atoms with Gasteiger partial charge >= 0.3 is 0 Å². The van der Waals surface area contributed by atoms with Gasteiger partial charge in [-0.25, -0.2) is 5.48 Å². The van der Waals surface area contributed by atoms with Gasteiger partial charge in [0.25, 0.3) is 0 Å². The molecular weight excluding hydrogens is 428 g/mol. The maximum absolute atomic E-state index is 12.7. The number of nitrogens with two attached hydrogens (primary N) is 1. The summed E-state index contributed by atoms with van der Waals surface area (Å²) in [5.41, 5.74) is 7.29. The number of hydroxylamine groups is 1. The Hall–Kier alpha value is -0.720. The van der Waals surface area contributed by atoms with E-state index in [0.717, 1.165) is 17.9 Å². The van der Waals surface area contributed by atoms with E-state index in [0.29, 0.717) is 32.4 Å². The fourth-order valence-corrected chi connectivity index (χ4v) is 6.53. The maximum Gasteiger partial charge on any atom is 0.243 e. The third-order valence-electron chi connectivity index (χ3n) is 4.71. The molecule has 12 heteroatoms. The van der Waals surface area contributed by atoms with Crippen LogP contribution >= 0.6 is 35.9 Å². The SMILES string of the molecule is Cl.N[C@@H](CO)C(=O)N1CC2(C[C@H]1C(=O)NCCCCCC(=O)NO)SCCS2. The van der Waals surface area contributed by atoms with Crippen molar-refractivity contribution in [1.82, 2.24) is 15.7 Å². The molecule has 162 valence electrons. The largest absolute Gasteiger partial charge is 0.394 e. The van der Waals surface area contributed by atoms with Gasteiger partial charge < -0.3 is 21.1 Å². The molecule has 9 nitrogen and oxygen atoms in total. The lowest BCUT2D eigenvalue weighted by atomic mass is 10.1. The van der Waals surface area contributed by atoms with Crippen LogP contribution in [0.1, 0.15) is 32.1 Å². The van der Waals surface area contributed by atoms with E-state index >= 15 is 0 Å². The van der Waals surface area contributed by atoms with Crippen molar-refractivity contribution in [3.8, 4) is 0 Å². The average Bonchev–Trinajstić information content (AvgIpc) is 3.30. The summed E-state index contributed by atoms with van der Waals surface area (Å²) in [6, 6.07) is -1.59. The minimum atomic E-state index is -1.01. The number of rotatable bonds is 9. The van der Waals surface area contributed by atoms with Crippen molar-refractivity contribution in [3.05, 3.63) is 0 Å². The molecule has 2 aliphatic heterocycles. The molecule has 0 aromatic carbocycles. The Morgan fingerprint density at radius 3 is 2.50 bits per heavy atom.